The van der Waals surface area contributed by atoms with Gasteiger partial charge in [-0.3, -0.25) is 14.3 Å². The van der Waals surface area contributed by atoms with Gasteiger partial charge in [0.25, 0.3) is 5.56 Å². The molecule has 0 radical (unpaired) electrons. The number of H-pyrrole nitrogens is 1. The molecule has 0 aromatic carbocycles. The van der Waals surface area contributed by atoms with Crippen molar-refractivity contribution in [2.75, 3.05) is 13.3 Å². The van der Waals surface area contributed by atoms with Crippen LogP contribution < -0.4 is 11.2 Å². The van der Waals surface area contributed by atoms with Crippen molar-refractivity contribution in [2.45, 2.75) is 57.5 Å². The van der Waals surface area contributed by atoms with Crippen LogP contribution in [0, 0.1) is 18.3 Å². The fourth-order valence-corrected chi connectivity index (χ4v) is 4.70. The van der Waals surface area contributed by atoms with Crippen molar-refractivity contribution in [1.29, 1.82) is 5.26 Å². The Morgan fingerprint density at radius 2 is 2.24 bits per heavy atom. The van der Waals surface area contributed by atoms with Crippen LogP contribution >= 0.6 is 8.38 Å². The minimum atomic E-state index is -1.14. The van der Waals surface area contributed by atoms with E-state index in [9.17, 15) is 9.59 Å². The van der Waals surface area contributed by atoms with Crippen molar-refractivity contribution in [3.63, 3.8) is 0 Å². The second kappa shape index (κ2) is 7.38. The number of nitrogens with zero attached hydrogens (tertiary/aromatic N) is 2. The number of hydrogen-bond acceptors (Lipinski definition) is 6. The first-order chi connectivity index (χ1) is 12.0. The summed E-state index contributed by atoms with van der Waals surface area (Å²) in [6, 6.07) is 2.03. The van der Waals surface area contributed by atoms with Gasteiger partial charge in [-0.2, -0.15) is 5.26 Å². The van der Waals surface area contributed by atoms with E-state index in [2.05, 4.69) is 4.98 Å². The van der Waals surface area contributed by atoms with E-state index in [1.807, 2.05) is 19.7 Å². The number of rotatable bonds is 6. The summed E-state index contributed by atoms with van der Waals surface area (Å²) in [5, 5.41) is 8.58. The molecule has 1 aromatic rings. The van der Waals surface area contributed by atoms with Crippen molar-refractivity contribution >= 4 is 8.38 Å². The minimum Gasteiger partial charge on any atom is -0.351 e. The van der Waals surface area contributed by atoms with E-state index in [1.165, 1.54) is 0 Å². The van der Waals surface area contributed by atoms with Gasteiger partial charge in [0.2, 0.25) is 0 Å². The van der Waals surface area contributed by atoms with Gasteiger partial charge in [-0.1, -0.05) is 6.92 Å². The van der Waals surface area contributed by atoms with E-state index in [4.69, 9.17) is 19.0 Å². The molecular weight excluding hydrogens is 345 g/mol. The molecule has 1 aromatic heterocycles. The van der Waals surface area contributed by atoms with Crippen LogP contribution in [0.15, 0.2) is 9.59 Å². The highest BCUT2D eigenvalue weighted by molar-refractivity contribution is 7.46. The molecule has 2 bridgehead atoms. The van der Waals surface area contributed by atoms with Gasteiger partial charge in [-0.25, -0.2) is 4.79 Å². The smallest absolute Gasteiger partial charge is 0.330 e. The summed E-state index contributed by atoms with van der Waals surface area (Å²) in [5.41, 5.74) is 0.548. The Kier molecular flexibility index (Phi) is 5.40. The Bertz CT molecular complexity index is 798. The third-order valence-electron chi connectivity index (χ3n) is 4.78. The van der Waals surface area contributed by atoms with Crippen LogP contribution in [0.3, 0.4) is 0 Å². The van der Waals surface area contributed by atoms with Crippen LogP contribution in [-0.2, 0) is 13.8 Å². The molecule has 2 aliphatic heterocycles. The third-order valence-corrected chi connectivity index (χ3v) is 5.90. The standard InChI is InChI=1S/C16H22N3O5P/c1-4-10-13-9(2)15(20)18-16(21)19(13)12-8-11(14(10)23-12)24-25(3)22-7-5-6-17/h10-12,14H,4-5,7-8H2,1-3H3,(H,18,20,21)/t10-,11?,12-,14-,25?/m1/s1. The van der Waals surface area contributed by atoms with E-state index in [0.29, 0.717) is 25.0 Å². The summed E-state index contributed by atoms with van der Waals surface area (Å²) in [6.45, 7) is 5.94. The van der Waals surface area contributed by atoms with Gasteiger partial charge in [0.15, 0.2) is 8.38 Å². The summed E-state index contributed by atoms with van der Waals surface area (Å²) in [7, 11) is -1.14. The van der Waals surface area contributed by atoms with Crippen molar-refractivity contribution in [1.82, 2.24) is 9.55 Å². The lowest BCUT2D eigenvalue weighted by atomic mass is 9.90. The van der Waals surface area contributed by atoms with E-state index < -0.39 is 20.3 Å². The van der Waals surface area contributed by atoms with Crippen molar-refractivity contribution in [3.8, 4) is 6.07 Å². The van der Waals surface area contributed by atoms with Crippen LogP contribution in [0.1, 0.15) is 49.6 Å². The predicted octanol–water partition coefficient (Wildman–Crippen LogP) is 1.90. The molecule has 2 aliphatic rings. The fourth-order valence-electron chi connectivity index (χ4n) is 3.70. The fraction of sp³-hybridized carbons (Fsp3) is 0.688. The maximum absolute atomic E-state index is 12.3. The second-order valence-electron chi connectivity index (χ2n) is 6.27. The van der Waals surface area contributed by atoms with Gasteiger partial charge in [0, 0.05) is 30.3 Å². The lowest BCUT2D eigenvalue weighted by molar-refractivity contribution is -0.0555. The quantitative estimate of drug-likeness (QED) is 0.608. The van der Waals surface area contributed by atoms with Gasteiger partial charge in [-0.15, -0.1) is 0 Å². The lowest BCUT2D eigenvalue weighted by Crippen LogP contribution is -2.43. The van der Waals surface area contributed by atoms with E-state index in [0.717, 1.165) is 12.1 Å². The monoisotopic (exact) mass is 367 g/mol. The summed E-state index contributed by atoms with van der Waals surface area (Å²) >= 11 is 0. The van der Waals surface area contributed by atoms with Crippen LogP contribution in [0.25, 0.3) is 0 Å². The van der Waals surface area contributed by atoms with Gasteiger partial charge in [0.05, 0.1) is 31.3 Å². The van der Waals surface area contributed by atoms with Crippen molar-refractivity contribution < 1.29 is 13.8 Å². The molecule has 5 atom stereocenters. The maximum atomic E-state index is 12.3. The molecule has 0 spiro atoms. The van der Waals surface area contributed by atoms with Gasteiger partial charge in [-0.05, 0) is 13.3 Å². The first-order valence-corrected chi connectivity index (χ1v) is 10.0. The number of aromatic nitrogens is 2. The summed E-state index contributed by atoms with van der Waals surface area (Å²) < 4.78 is 19.2. The van der Waals surface area contributed by atoms with Crippen LogP contribution in [0.2, 0.25) is 0 Å². The zero-order valence-corrected chi connectivity index (χ0v) is 15.4. The number of hydrogen-bond donors (Lipinski definition) is 1. The van der Waals surface area contributed by atoms with Gasteiger partial charge < -0.3 is 13.8 Å². The molecule has 3 rings (SSSR count). The molecule has 9 heteroatoms. The molecular formula is C16H22N3O5P. The second-order valence-corrected chi connectivity index (χ2v) is 7.62. The van der Waals surface area contributed by atoms with Gasteiger partial charge in [0.1, 0.15) is 6.23 Å². The maximum Gasteiger partial charge on any atom is 0.330 e. The molecule has 25 heavy (non-hydrogen) atoms. The molecule has 136 valence electrons. The number of aromatic amines is 1. The highest BCUT2D eigenvalue weighted by atomic mass is 31.2. The lowest BCUT2D eigenvalue weighted by Gasteiger charge is -2.34. The molecule has 1 saturated heterocycles. The predicted molar refractivity (Wildman–Crippen MR) is 91.5 cm³/mol. The summed E-state index contributed by atoms with van der Waals surface area (Å²) in [5.74, 6) is -0.0822. The van der Waals surface area contributed by atoms with Crippen LogP contribution in [0.4, 0.5) is 0 Å². The topological polar surface area (TPSA) is 106 Å². The molecule has 1 N–H and O–H groups in total. The largest absolute Gasteiger partial charge is 0.351 e. The third kappa shape index (κ3) is 3.30. The number of ether oxygens (including phenoxy) is 1. The highest BCUT2D eigenvalue weighted by Crippen LogP contribution is 2.49. The first-order valence-electron chi connectivity index (χ1n) is 8.39. The Balaban J connectivity index is 1.86. The highest BCUT2D eigenvalue weighted by Gasteiger charge is 2.49. The molecule has 1 fully saturated rings. The van der Waals surface area contributed by atoms with Crippen LogP contribution in [-0.4, -0.2) is 35.0 Å². The van der Waals surface area contributed by atoms with E-state index >= 15 is 0 Å². The summed E-state index contributed by atoms with van der Waals surface area (Å²) in [4.78, 5) is 26.7. The average Bonchev–Trinajstić information content (AvgIpc) is 2.91. The van der Waals surface area contributed by atoms with Gasteiger partial charge >= 0.3 is 5.69 Å². The molecule has 0 aliphatic carbocycles. The molecule has 0 amide bonds. The zero-order chi connectivity index (χ0) is 18.1. The average molecular weight is 367 g/mol. The zero-order valence-electron chi connectivity index (χ0n) is 14.5. The number of nitriles is 1. The SMILES string of the molecule is CC[C@@H]1c2c(C)c(=O)[nH]c(=O)n2[C@H]2CC(OP(C)OCCC#N)[C@@H]1O2. The first kappa shape index (κ1) is 18.3. The molecule has 2 unspecified atom stereocenters. The minimum absolute atomic E-state index is 0.0822. The van der Waals surface area contributed by atoms with Crippen molar-refractivity contribution in [3.05, 3.63) is 32.1 Å². The Morgan fingerprint density at radius 3 is 2.92 bits per heavy atom. The van der Waals surface area contributed by atoms with Crippen LogP contribution in [0.5, 0.6) is 0 Å². The molecule has 8 nitrogen and oxygen atoms in total. The Labute approximate surface area is 146 Å². The number of nitrogens with one attached hydrogen (secondary N) is 1. The van der Waals surface area contributed by atoms with Crippen molar-refractivity contribution in [2.24, 2.45) is 0 Å². The molecule has 0 saturated carbocycles. The molecule has 3 heterocycles. The Morgan fingerprint density at radius 1 is 1.48 bits per heavy atom. The van der Waals surface area contributed by atoms with E-state index in [1.54, 1.807) is 11.5 Å². The summed E-state index contributed by atoms with van der Waals surface area (Å²) in [6.07, 6.45) is 0.745. The van der Waals surface area contributed by atoms with E-state index in [-0.39, 0.29) is 23.7 Å². The normalized spacial score (nSPS) is 28.4. The number of fused-ring (bicyclic) bond motifs is 4. The Hall–Kier alpha value is -1.52.